The first kappa shape index (κ1) is 16.0. The summed E-state index contributed by atoms with van der Waals surface area (Å²) in [5.74, 6) is 0.280. The molecule has 0 radical (unpaired) electrons. The molecule has 2 rings (SSSR count). The molecule has 0 spiro atoms. The Hall–Kier alpha value is -1.37. The number of nitrogens with zero attached hydrogens (tertiary/aromatic N) is 2. The third-order valence-corrected chi connectivity index (χ3v) is 4.39. The van der Waals surface area contributed by atoms with E-state index in [0.29, 0.717) is 19.5 Å². The van der Waals surface area contributed by atoms with E-state index in [0.717, 1.165) is 0 Å². The molecule has 1 N–H and O–H groups in total. The number of piperidine rings is 1. The van der Waals surface area contributed by atoms with Crippen molar-refractivity contribution in [2.45, 2.75) is 51.9 Å². The zero-order chi connectivity index (χ0) is 15.9. The van der Waals surface area contributed by atoms with Crippen LogP contribution in [0.15, 0.2) is 0 Å². The zero-order valence-corrected chi connectivity index (χ0v) is 13.0. The van der Waals surface area contributed by atoms with Crippen LogP contribution in [0, 0.1) is 27.9 Å². The Morgan fingerprint density at radius 2 is 1.95 bits per heavy atom. The molecule has 1 aliphatic carbocycles. The van der Waals surface area contributed by atoms with Crippen molar-refractivity contribution in [1.82, 2.24) is 4.90 Å². The van der Waals surface area contributed by atoms with Gasteiger partial charge in [-0.2, -0.15) is 0 Å². The quantitative estimate of drug-likeness (QED) is 0.627. The van der Waals surface area contributed by atoms with Crippen molar-refractivity contribution >= 4 is 6.09 Å². The Kier molecular flexibility index (Phi) is 4.15. The second kappa shape index (κ2) is 5.44. The van der Waals surface area contributed by atoms with Gasteiger partial charge in [-0.15, -0.1) is 0 Å². The molecule has 0 aromatic heterocycles. The van der Waals surface area contributed by atoms with E-state index in [1.807, 2.05) is 20.8 Å². The zero-order valence-electron chi connectivity index (χ0n) is 13.0. The number of aliphatic hydroxyl groups excluding tert-OH is 1. The number of aliphatic hydroxyl groups is 1. The van der Waals surface area contributed by atoms with Gasteiger partial charge in [-0.25, -0.2) is 4.79 Å². The summed E-state index contributed by atoms with van der Waals surface area (Å²) in [4.78, 5) is 24.1. The number of amides is 1. The van der Waals surface area contributed by atoms with Crippen LogP contribution in [0.25, 0.3) is 0 Å². The van der Waals surface area contributed by atoms with Gasteiger partial charge in [-0.05, 0) is 32.6 Å². The third kappa shape index (κ3) is 3.28. The molecule has 1 saturated heterocycles. The highest BCUT2D eigenvalue weighted by Crippen LogP contribution is 2.54. The Morgan fingerprint density at radius 1 is 1.43 bits per heavy atom. The lowest BCUT2D eigenvalue weighted by molar-refractivity contribution is -0.536. The molecule has 1 amide bonds. The highest BCUT2D eigenvalue weighted by atomic mass is 16.6. The van der Waals surface area contributed by atoms with Crippen LogP contribution in [0.2, 0.25) is 0 Å². The van der Waals surface area contributed by atoms with Crippen molar-refractivity contribution in [3.05, 3.63) is 10.1 Å². The van der Waals surface area contributed by atoms with Crippen LogP contribution in [0.1, 0.15) is 34.1 Å². The van der Waals surface area contributed by atoms with E-state index < -0.39 is 22.7 Å². The second-order valence-corrected chi connectivity index (χ2v) is 7.04. The molecule has 7 heteroatoms. The SMILES string of the molecule is CCC(C(O)C1C2CN(C(=O)OC(C)(C)C)CC21)[N+](=O)[O-]. The number of hydrogen-bond donors (Lipinski definition) is 1. The topological polar surface area (TPSA) is 92.9 Å². The lowest BCUT2D eigenvalue weighted by Crippen LogP contribution is -2.40. The Morgan fingerprint density at radius 3 is 2.33 bits per heavy atom. The first-order chi connectivity index (χ1) is 9.65. The van der Waals surface area contributed by atoms with Crippen LogP contribution in [0.5, 0.6) is 0 Å². The van der Waals surface area contributed by atoms with Crippen LogP contribution in [0.4, 0.5) is 4.79 Å². The fourth-order valence-electron chi connectivity index (χ4n) is 3.33. The average molecular weight is 300 g/mol. The van der Waals surface area contributed by atoms with Gasteiger partial charge in [0.2, 0.25) is 6.04 Å². The number of fused-ring (bicyclic) bond motifs is 1. The standard InChI is InChI=1S/C14H24N2O5/c1-5-10(16(19)20)12(17)11-8-6-15(7-9(8)11)13(18)21-14(2,3)4/h8-12,17H,5-7H2,1-4H3. The Labute approximate surface area is 124 Å². The molecule has 0 aromatic rings. The van der Waals surface area contributed by atoms with Crippen molar-refractivity contribution in [1.29, 1.82) is 0 Å². The lowest BCUT2D eigenvalue weighted by Gasteiger charge is -2.26. The van der Waals surface area contributed by atoms with Crippen molar-refractivity contribution in [2.75, 3.05) is 13.1 Å². The summed E-state index contributed by atoms with van der Waals surface area (Å²) in [5.41, 5.74) is -0.526. The molecule has 120 valence electrons. The van der Waals surface area contributed by atoms with Gasteiger partial charge >= 0.3 is 6.09 Å². The largest absolute Gasteiger partial charge is 0.444 e. The van der Waals surface area contributed by atoms with E-state index in [1.165, 1.54) is 0 Å². The summed E-state index contributed by atoms with van der Waals surface area (Å²) in [7, 11) is 0. The number of likely N-dealkylation sites (tertiary alicyclic amines) is 1. The lowest BCUT2D eigenvalue weighted by atomic mass is 10.0. The van der Waals surface area contributed by atoms with E-state index in [9.17, 15) is 20.0 Å². The Bertz CT molecular complexity index is 422. The Balaban J connectivity index is 1.87. The van der Waals surface area contributed by atoms with E-state index in [2.05, 4.69) is 0 Å². The van der Waals surface area contributed by atoms with Crippen molar-refractivity contribution < 1.29 is 19.6 Å². The van der Waals surface area contributed by atoms with Gasteiger partial charge in [0, 0.05) is 30.4 Å². The van der Waals surface area contributed by atoms with Gasteiger partial charge in [0.15, 0.2) is 0 Å². The highest BCUT2D eigenvalue weighted by Gasteiger charge is 2.62. The van der Waals surface area contributed by atoms with Gasteiger partial charge < -0.3 is 14.7 Å². The maximum atomic E-state index is 11.9. The minimum atomic E-state index is -0.916. The summed E-state index contributed by atoms with van der Waals surface area (Å²) < 4.78 is 5.31. The summed E-state index contributed by atoms with van der Waals surface area (Å²) in [5, 5.41) is 21.1. The van der Waals surface area contributed by atoms with Gasteiger partial charge in [-0.1, -0.05) is 6.92 Å². The second-order valence-electron chi connectivity index (χ2n) is 7.04. The maximum Gasteiger partial charge on any atom is 0.410 e. The number of ether oxygens (including phenoxy) is 1. The van der Waals surface area contributed by atoms with E-state index >= 15 is 0 Å². The fourth-order valence-corrected chi connectivity index (χ4v) is 3.33. The summed E-state index contributed by atoms with van der Waals surface area (Å²) in [6.07, 6.45) is -0.940. The van der Waals surface area contributed by atoms with Crippen molar-refractivity contribution in [3.8, 4) is 0 Å². The number of carbonyl (C=O) groups is 1. The summed E-state index contributed by atoms with van der Waals surface area (Å²) in [6.45, 7) is 8.21. The van der Waals surface area contributed by atoms with Gasteiger partial charge in [-0.3, -0.25) is 10.1 Å². The normalized spacial score (nSPS) is 30.5. The molecule has 4 atom stereocenters. The molecule has 2 aliphatic rings. The predicted octanol–water partition coefficient (Wildman–Crippen LogP) is 1.52. The molecule has 4 unspecified atom stereocenters. The summed E-state index contributed by atoms with van der Waals surface area (Å²) >= 11 is 0. The number of hydrogen-bond acceptors (Lipinski definition) is 5. The van der Waals surface area contributed by atoms with Crippen LogP contribution in [-0.2, 0) is 4.74 Å². The van der Waals surface area contributed by atoms with Crippen molar-refractivity contribution in [2.24, 2.45) is 17.8 Å². The van der Waals surface area contributed by atoms with Crippen LogP contribution < -0.4 is 0 Å². The molecule has 0 aromatic carbocycles. The molecule has 21 heavy (non-hydrogen) atoms. The summed E-state index contributed by atoms with van der Waals surface area (Å²) in [6, 6.07) is -0.907. The van der Waals surface area contributed by atoms with Crippen LogP contribution >= 0.6 is 0 Å². The maximum absolute atomic E-state index is 11.9. The molecule has 1 heterocycles. The van der Waals surface area contributed by atoms with Gasteiger partial charge in [0.05, 0.1) is 0 Å². The predicted molar refractivity (Wildman–Crippen MR) is 75.4 cm³/mol. The monoisotopic (exact) mass is 300 g/mol. The molecule has 0 bridgehead atoms. The molecule has 1 aliphatic heterocycles. The van der Waals surface area contributed by atoms with Gasteiger partial charge in [0.25, 0.3) is 0 Å². The third-order valence-electron chi connectivity index (χ3n) is 4.39. The molecule has 1 saturated carbocycles. The smallest absolute Gasteiger partial charge is 0.410 e. The van der Waals surface area contributed by atoms with E-state index in [1.54, 1.807) is 11.8 Å². The number of carbonyl (C=O) groups excluding carboxylic acids is 1. The van der Waals surface area contributed by atoms with Crippen LogP contribution in [0.3, 0.4) is 0 Å². The molecule has 7 nitrogen and oxygen atoms in total. The number of nitro groups is 1. The highest BCUT2D eigenvalue weighted by molar-refractivity contribution is 5.69. The minimum absolute atomic E-state index is 0.0564. The van der Waals surface area contributed by atoms with E-state index in [-0.39, 0.29) is 23.8 Å². The first-order valence-corrected chi connectivity index (χ1v) is 7.45. The van der Waals surface area contributed by atoms with E-state index in [4.69, 9.17) is 4.74 Å². The first-order valence-electron chi connectivity index (χ1n) is 7.45. The van der Waals surface area contributed by atoms with Crippen molar-refractivity contribution in [3.63, 3.8) is 0 Å². The molecular formula is C14H24N2O5. The van der Waals surface area contributed by atoms with Crippen LogP contribution in [-0.4, -0.2) is 51.9 Å². The average Bonchev–Trinajstić information content (AvgIpc) is 2.82. The number of rotatable bonds is 4. The minimum Gasteiger partial charge on any atom is -0.444 e. The fraction of sp³-hybridized carbons (Fsp3) is 0.929. The molecular weight excluding hydrogens is 276 g/mol. The molecule has 2 fully saturated rings. The van der Waals surface area contributed by atoms with Gasteiger partial charge in [0.1, 0.15) is 11.7 Å².